The predicted molar refractivity (Wildman–Crippen MR) is 130 cm³/mol. The standard InChI is InChI=1S/C24H41N3O3S/c1-18(2)17-20(25-31(29)24(6,7)8)19-11-9-10-12-21(19)26-13-15-27(16-14-26)22(28)30-23(3,4)5/h9-12,18,20,25H,13-17H2,1-8H3/t20-,31?/m0/s1. The van der Waals surface area contributed by atoms with Gasteiger partial charge in [0.15, 0.2) is 0 Å². The van der Waals surface area contributed by atoms with E-state index in [4.69, 9.17) is 4.74 Å². The van der Waals surface area contributed by atoms with Crippen LogP contribution in [0.1, 0.15) is 73.4 Å². The zero-order valence-electron chi connectivity index (χ0n) is 20.5. The molecular formula is C24H41N3O3S. The van der Waals surface area contributed by atoms with Crippen LogP contribution in [0.4, 0.5) is 10.5 Å². The Kier molecular flexibility index (Phi) is 8.56. The number of anilines is 1. The minimum Gasteiger partial charge on any atom is -0.444 e. The van der Waals surface area contributed by atoms with Crippen LogP contribution in [0.25, 0.3) is 0 Å². The number of carbonyl (C=O) groups is 1. The van der Waals surface area contributed by atoms with Gasteiger partial charge in [0, 0.05) is 37.9 Å². The van der Waals surface area contributed by atoms with Gasteiger partial charge in [0.1, 0.15) is 5.60 Å². The first-order valence-corrected chi connectivity index (χ1v) is 12.4. The van der Waals surface area contributed by atoms with Crippen LogP contribution < -0.4 is 9.62 Å². The van der Waals surface area contributed by atoms with Crippen molar-refractivity contribution in [2.75, 3.05) is 31.1 Å². The Hall–Kier alpha value is -1.60. The SMILES string of the molecule is CC(C)C[C@H](NS(=O)C(C)(C)C)c1ccccc1N1CCN(C(=O)OC(C)(C)C)CC1. The van der Waals surface area contributed by atoms with Crippen LogP contribution in [0.5, 0.6) is 0 Å². The van der Waals surface area contributed by atoms with Crippen LogP contribution in [0.2, 0.25) is 0 Å². The van der Waals surface area contributed by atoms with Crippen molar-refractivity contribution >= 4 is 22.8 Å². The van der Waals surface area contributed by atoms with Gasteiger partial charge in [0.2, 0.25) is 0 Å². The van der Waals surface area contributed by atoms with Gasteiger partial charge in [-0.25, -0.2) is 13.7 Å². The molecule has 0 bridgehead atoms. The zero-order valence-corrected chi connectivity index (χ0v) is 21.3. The van der Waals surface area contributed by atoms with Crippen molar-refractivity contribution in [2.24, 2.45) is 5.92 Å². The molecule has 1 aliphatic rings. The van der Waals surface area contributed by atoms with Crippen LogP contribution in [0.3, 0.4) is 0 Å². The molecule has 1 fully saturated rings. The first-order valence-electron chi connectivity index (χ1n) is 11.3. The van der Waals surface area contributed by atoms with Crippen LogP contribution in [-0.4, -0.2) is 51.7 Å². The van der Waals surface area contributed by atoms with E-state index in [-0.39, 0.29) is 16.9 Å². The number of carbonyl (C=O) groups excluding carboxylic acids is 1. The van der Waals surface area contributed by atoms with Crippen molar-refractivity contribution in [3.8, 4) is 0 Å². The number of hydrogen-bond donors (Lipinski definition) is 1. The number of hydrogen-bond acceptors (Lipinski definition) is 4. The van der Waals surface area contributed by atoms with Gasteiger partial charge in [-0.3, -0.25) is 0 Å². The maximum absolute atomic E-state index is 12.9. The van der Waals surface area contributed by atoms with Crippen molar-refractivity contribution < 1.29 is 13.7 Å². The van der Waals surface area contributed by atoms with E-state index < -0.39 is 16.6 Å². The molecule has 7 heteroatoms. The van der Waals surface area contributed by atoms with Crippen molar-refractivity contribution in [3.63, 3.8) is 0 Å². The second-order valence-electron chi connectivity index (χ2n) is 10.7. The Bertz CT molecular complexity index is 760. The van der Waals surface area contributed by atoms with E-state index in [1.807, 2.05) is 53.7 Å². The van der Waals surface area contributed by atoms with E-state index in [9.17, 15) is 9.00 Å². The zero-order chi connectivity index (χ0) is 23.4. The van der Waals surface area contributed by atoms with Crippen LogP contribution >= 0.6 is 0 Å². The topological polar surface area (TPSA) is 61.9 Å². The number of nitrogens with zero attached hydrogens (tertiary/aromatic N) is 2. The predicted octanol–water partition coefficient (Wildman–Crippen LogP) is 4.88. The second-order valence-corrected chi connectivity index (χ2v) is 12.7. The van der Waals surface area contributed by atoms with Gasteiger partial charge in [-0.1, -0.05) is 32.0 Å². The van der Waals surface area contributed by atoms with Crippen molar-refractivity contribution in [2.45, 2.75) is 78.2 Å². The Labute approximate surface area is 191 Å². The van der Waals surface area contributed by atoms with Crippen molar-refractivity contribution in [3.05, 3.63) is 29.8 Å². The summed E-state index contributed by atoms with van der Waals surface area (Å²) in [6.07, 6.45) is 0.650. The highest BCUT2D eigenvalue weighted by molar-refractivity contribution is 7.84. The van der Waals surface area contributed by atoms with Gasteiger partial charge >= 0.3 is 6.09 Å². The van der Waals surface area contributed by atoms with Gasteiger partial charge < -0.3 is 14.5 Å². The lowest BCUT2D eigenvalue weighted by Gasteiger charge is -2.38. The number of ether oxygens (including phenoxy) is 1. The highest BCUT2D eigenvalue weighted by atomic mass is 32.2. The average Bonchev–Trinajstić information content (AvgIpc) is 2.65. The number of benzene rings is 1. The third kappa shape index (κ3) is 7.79. The summed E-state index contributed by atoms with van der Waals surface area (Å²) >= 11 is 0. The number of nitrogens with one attached hydrogen (secondary N) is 1. The minimum absolute atomic E-state index is 0.000133. The van der Waals surface area contributed by atoms with E-state index in [1.54, 1.807) is 4.90 Å². The largest absolute Gasteiger partial charge is 0.444 e. The minimum atomic E-state index is -1.16. The number of rotatable bonds is 6. The van der Waals surface area contributed by atoms with E-state index in [0.717, 1.165) is 25.2 Å². The van der Waals surface area contributed by atoms with E-state index in [0.29, 0.717) is 19.0 Å². The van der Waals surface area contributed by atoms with Gasteiger partial charge in [0.05, 0.1) is 15.7 Å². The molecule has 6 nitrogen and oxygen atoms in total. The van der Waals surface area contributed by atoms with E-state index in [2.05, 4.69) is 35.6 Å². The third-order valence-corrected chi connectivity index (χ3v) is 6.71. The molecule has 2 atom stereocenters. The molecule has 0 aliphatic carbocycles. The molecule has 1 aliphatic heterocycles. The summed E-state index contributed by atoms with van der Waals surface area (Å²) in [7, 11) is -1.16. The van der Waals surface area contributed by atoms with Crippen molar-refractivity contribution in [1.82, 2.24) is 9.62 Å². The van der Waals surface area contributed by atoms with Gasteiger partial charge in [-0.05, 0) is 65.5 Å². The molecule has 31 heavy (non-hydrogen) atoms. The molecule has 0 radical (unpaired) electrons. The fourth-order valence-corrected chi connectivity index (χ4v) is 4.38. The molecule has 1 unspecified atom stereocenters. The highest BCUT2D eigenvalue weighted by Gasteiger charge is 2.29. The molecule has 0 spiro atoms. The summed E-state index contributed by atoms with van der Waals surface area (Å²) in [6, 6.07) is 8.36. The molecule has 1 amide bonds. The highest BCUT2D eigenvalue weighted by Crippen LogP contribution is 2.32. The monoisotopic (exact) mass is 451 g/mol. The molecule has 1 heterocycles. The summed E-state index contributed by atoms with van der Waals surface area (Å²) in [5.41, 5.74) is 1.83. The number of amides is 1. The van der Waals surface area contributed by atoms with Crippen molar-refractivity contribution in [1.29, 1.82) is 0 Å². The average molecular weight is 452 g/mol. The molecule has 2 rings (SSSR count). The summed E-state index contributed by atoms with van der Waals surface area (Å²) in [6.45, 7) is 18.8. The van der Waals surface area contributed by atoms with Gasteiger partial charge in [-0.2, -0.15) is 0 Å². The molecular weight excluding hydrogens is 410 g/mol. The summed E-state index contributed by atoms with van der Waals surface area (Å²) < 4.78 is 21.5. The maximum Gasteiger partial charge on any atom is 0.410 e. The first kappa shape index (κ1) is 25.7. The third-order valence-electron chi connectivity index (χ3n) is 5.10. The second kappa shape index (κ2) is 10.3. The molecule has 1 aromatic carbocycles. The summed E-state index contributed by atoms with van der Waals surface area (Å²) in [4.78, 5) is 16.5. The summed E-state index contributed by atoms with van der Waals surface area (Å²) in [5, 5.41) is 0. The van der Waals surface area contributed by atoms with Gasteiger partial charge in [0.25, 0.3) is 0 Å². The fraction of sp³-hybridized carbons (Fsp3) is 0.708. The van der Waals surface area contributed by atoms with Crippen LogP contribution in [0, 0.1) is 5.92 Å². The molecule has 0 aromatic heterocycles. The van der Waals surface area contributed by atoms with Crippen LogP contribution in [0.15, 0.2) is 24.3 Å². The number of piperazine rings is 1. The molecule has 1 N–H and O–H groups in total. The Morgan fingerprint density at radius 1 is 1.06 bits per heavy atom. The fourth-order valence-electron chi connectivity index (χ4n) is 3.54. The lowest BCUT2D eigenvalue weighted by atomic mass is 9.96. The maximum atomic E-state index is 12.9. The Morgan fingerprint density at radius 2 is 1.65 bits per heavy atom. The van der Waals surface area contributed by atoms with Crippen LogP contribution in [-0.2, 0) is 15.7 Å². The number of para-hydroxylation sites is 1. The molecule has 1 saturated heterocycles. The van der Waals surface area contributed by atoms with Gasteiger partial charge in [-0.15, -0.1) is 0 Å². The lowest BCUT2D eigenvalue weighted by Crippen LogP contribution is -2.50. The lowest BCUT2D eigenvalue weighted by molar-refractivity contribution is 0.0240. The molecule has 176 valence electrons. The summed E-state index contributed by atoms with van der Waals surface area (Å²) in [5.74, 6) is 0.464. The molecule has 0 saturated carbocycles. The van der Waals surface area contributed by atoms with E-state index >= 15 is 0 Å². The molecule has 1 aromatic rings. The normalized spacial score (nSPS) is 17.6. The smallest absolute Gasteiger partial charge is 0.410 e. The Balaban J connectivity index is 2.18. The van der Waals surface area contributed by atoms with E-state index in [1.165, 1.54) is 5.56 Å². The first-order chi connectivity index (χ1) is 14.3. The Morgan fingerprint density at radius 3 is 2.16 bits per heavy atom. The quantitative estimate of drug-likeness (QED) is 0.669.